The number of nitrogens with one attached hydrogen (secondary N) is 2. The Morgan fingerprint density at radius 1 is 1.06 bits per heavy atom. The van der Waals surface area contributed by atoms with Gasteiger partial charge in [-0.05, 0) is 53.8 Å². The molecule has 8 nitrogen and oxygen atoms in total. The second kappa shape index (κ2) is 12.5. The quantitative estimate of drug-likeness (QED) is 0.419. The van der Waals surface area contributed by atoms with Gasteiger partial charge in [-0.3, -0.25) is 4.79 Å². The van der Waals surface area contributed by atoms with Crippen LogP contribution >= 0.6 is 11.6 Å². The largest absolute Gasteiger partial charge is 1.00 e. The first-order valence-corrected chi connectivity index (χ1v) is 12.1. The summed E-state index contributed by atoms with van der Waals surface area (Å²) in [5.74, 6) is 0.643. The Labute approximate surface area is 226 Å². The number of hydrogen-bond donors (Lipinski definition) is 2. The van der Waals surface area contributed by atoms with E-state index < -0.39 is 10.0 Å². The first kappa shape index (κ1) is 28.1. The number of sulfonamides is 1. The molecule has 0 saturated heterocycles. The Morgan fingerprint density at radius 3 is 2.29 bits per heavy atom. The van der Waals surface area contributed by atoms with Crippen LogP contribution in [0.15, 0.2) is 59.8 Å². The van der Waals surface area contributed by atoms with Crippen molar-refractivity contribution in [3.63, 3.8) is 0 Å². The first-order valence-electron chi connectivity index (χ1n) is 10.2. The van der Waals surface area contributed by atoms with Gasteiger partial charge in [0.05, 0.1) is 24.1 Å². The van der Waals surface area contributed by atoms with E-state index in [1.807, 2.05) is 0 Å². The summed E-state index contributed by atoms with van der Waals surface area (Å²) in [4.78, 5) is 20.6. The van der Waals surface area contributed by atoms with Crippen molar-refractivity contribution in [3.8, 4) is 5.75 Å². The molecule has 0 aliphatic carbocycles. The van der Waals surface area contributed by atoms with E-state index in [0.29, 0.717) is 27.9 Å². The van der Waals surface area contributed by atoms with Crippen LogP contribution in [0.25, 0.3) is 0 Å². The monoisotopic (exact) mass is 511 g/mol. The fraction of sp³-hybridized carbons (Fsp3) is 0.261. The summed E-state index contributed by atoms with van der Waals surface area (Å²) >= 11 is 5.98. The van der Waals surface area contributed by atoms with E-state index in [2.05, 4.69) is 33.9 Å². The Balaban J connectivity index is 0.00000408. The number of halogens is 1. The Morgan fingerprint density at radius 2 is 1.71 bits per heavy atom. The molecule has 0 radical (unpaired) electrons. The molecule has 0 fully saturated rings. The minimum Gasteiger partial charge on any atom is -0.495 e. The zero-order valence-electron chi connectivity index (χ0n) is 19.5. The zero-order chi connectivity index (χ0) is 24.0. The van der Waals surface area contributed by atoms with Crippen molar-refractivity contribution < 1.29 is 47.5 Å². The van der Waals surface area contributed by atoms with Crippen LogP contribution < -0.4 is 44.3 Å². The molecule has 2 N–H and O–H groups in total. The van der Waals surface area contributed by atoms with Crippen molar-refractivity contribution in [2.45, 2.75) is 31.6 Å². The van der Waals surface area contributed by atoms with Gasteiger partial charge in [0.2, 0.25) is 11.9 Å². The summed E-state index contributed by atoms with van der Waals surface area (Å²) in [6.07, 6.45) is 4.08. The molecule has 3 rings (SSSR count). The van der Waals surface area contributed by atoms with Gasteiger partial charge >= 0.3 is 29.6 Å². The van der Waals surface area contributed by atoms with Crippen molar-refractivity contribution in [1.29, 1.82) is 0 Å². The van der Waals surface area contributed by atoms with Gasteiger partial charge in [-0.15, -0.1) is 0 Å². The second-order valence-corrected chi connectivity index (χ2v) is 9.95. The molecule has 0 aliphatic heterocycles. The third-order valence-corrected chi connectivity index (χ3v) is 6.19. The summed E-state index contributed by atoms with van der Waals surface area (Å²) in [6.45, 7) is 4.16. The standard InChI is InChI=1S/C23H25ClN4O4S.Na/c1-15(2)10-17-13-25-23(26-14-17)28-33(30,31)19-7-4-16(5-8-19)11-22(29)27-20-12-18(24)6-9-21(20)32-3;/h4-9,12-15H,10-11H2,1-3H3,(H,27,29)(H,25,26,28);/q;+1. The summed E-state index contributed by atoms with van der Waals surface area (Å²) in [5.41, 5.74) is 2.03. The van der Waals surface area contributed by atoms with Crippen LogP contribution in [0.2, 0.25) is 5.02 Å². The van der Waals surface area contributed by atoms with Gasteiger partial charge in [0.1, 0.15) is 5.75 Å². The topological polar surface area (TPSA) is 110 Å². The molecule has 0 bridgehead atoms. The normalized spacial score (nSPS) is 11.0. The third-order valence-electron chi connectivity index (χ3n) is 4.61. The summed E-state index contributed by atoms with van der Waals surface area (Å²) in [5, 5.41) is 3.21. The van der Waals surface area contributed by atoms with E-state index in [4.69, 9.17) is 16.3 Å². The molecule has 0 spiro atoms. The third kappa shape index (κ3) is 7.95. The maximum atomic E-state index is 12.6. The minimum atomic E-state index is -3.86. The molecule has 0 saturated carbocycles. The van der Waals surface area contributed by atoms with E-state index in [0.717, 1.165) is 12.0 Å². The van der Waals surface area contributed by atoms with Gasteiger partial charge < -0.3 is 10.1 Å². The zero-order valence-corrected chi connectivity index (χ0v) is 23.1. The van der Waals surface area contributed by atoms with Gasteiger partial charge in [0.15, 0.2) is 0 Å². The number of carbonyl (C=O) groups is 1. The molecular formula is C23H25ClN4NaO4S+. The van der Waals surface area contributed by atoms with Crippen LogP contribution in [0.3, 0.4) is 0 Å². The van der Waals surface area contributed by atoms with E-state index in [1.165, 1.54) is 19.2 Å². The van der Waals surface area contributed by atoms with Crippen molar-refractivity contribution >= 4 is 39.2 Å². The molecule has 3 aromatic rings. The number of benzene rings is 2. The number of hydrogen-bond acceptors (Lipinski definition) is 6. The SMILES string of the molecule is COc1ccc(Cl)cc1NC(=O)Cc1ccc(S(=O)(=O)Nc2ncc(CC(C)C)cn2)cc1.[Na+]. The molecule has 174 valence electrons. The van der Waals surface area contributed by atoms with Gasteiger partial charge in [-0.2, -0.15) is 0 Å². The number of rotatable bonds is 9. The summed E-state index contributed by atoms with van der Waals surface area (Å²) in [6, 6.07) is 10.9. The van der Waals surface area contributed by atoms with Gasteiger partial charge in [-0.25, -0.2) is 23.1 Å². The number of carbonyl (C=O) groups excluding carboxylic acids is 1. The van der Waals surface area contributed by atoms with Gasteiger partial charge in [-0.1, -0.05) is 37.6 Å². The van der Waals surface area contributed by atoms with Crippen LogP contribution in [0.4, 0.5) is 11.6 Å². The van der Waals surface area contributed by atoms with E-state index >= 15 is 0 Å². The molecule has 0 aliphatic rings. The summed E-state index contributed by atoms with van der Waals surface area (Å²) < 4.78 is 32.9. The number of ether oxygens (including phenoxy) is 1. The van der Waals surface area contributed by atoms with E-state index in [9.17, 15) is 13.2 Å². The smallest absolute Gasteiger partial charge is 0.495 e. The number of amides is 1. The molecule has 11 heteroatoms. The maximum Gasteiger partial charge on any atom is 1.00 e. The fourth-order valence-electron chi connectivity index (χ4n) is 3.11. The fourth-order valence-corrected chi connectivity index (χ4v) is 4.24. The average molecular weight is 512 g/mol. The molecule has 1 amide bonds. The Hall–Kier alpha value is -2.17. The van der Waals surface area contributed by atoms with Crippen molar-refractivity contribution in [3.05, 3.63) is 71.0 Å². The molecule has 0 unspecified atom stereocenters. The molecule has 2 aromatic carbocycles. The molecule has 1 aromatic heterocycles. The molecule has 34 heavy (non-hydrogen) atoms. The van der Waals surface area contributed by atoms with Crippen molar-refractivity contribution in [2.24, 2.45) is 5.92 Å². The van der Waals surface area contributed by atoms with Gasteiger partial charge in [0, 0.05) is 17.4 Å². The average Bonchev–Trinajstić information content (AvgIpc) is 2.75. The van der Waals surface area contributed by atoms with Crippen molar-refractivity contribution in [1.82, 2.24) is 9.97 Å². The molecule has 1 heterocycles. The number of anilines is 2. The number of nitrogens with zero attached hydrogens (tertiary/aromatic N) is 2. The Kier molecular flexibility index (Phi) is 10.3. The van der Waals surface area contributed by atoms with Crippen LogP contribution in [0.1, 0.15) is 25.0 Å². The predicted molar refractivity (Wildman–Crippen MR) is 128 cm³/mol. The van der Waals surface area contributed by atoms with Crippen LogP contribution in [-0.2, 0) is 27.7 Å². The maximum absolute atomic E-state index is 12.6. The van der Waals surface area contributed by atoms with Gasteiger partial charge in [0.25, 0.3) is 10.0 Å². The van der Waals surface area contributed by atoms with E-state index in [1.54, 1.807) is 42.7 Å². The van der Waals surface area contributed by atoms with E-state index in [-0.39, 0.29) is 52.7 Å². The Bertz CT molecular complexity index is 1220. The minimum absolute atomic E-state index is 0. The van der Waals surface area contributed by atoms with Crippen molar-refractivity contribution in [2.75, 3.05) is 17.1 Å². The second-order valence-electron chi connectivity index (χ2n) is 7.83. The van der Waals surface area contributed by atoms with Crippen LogP contribution in [-0.4, -0.2) is 31.4 Å². The number of methoxy groups -OCH3 is 1. The molecule has 0 atom stereocenters. The summed E-state index contributed by atoms with van der Waals surface area (Å²) in [7, 11) is -2.37. The van der Waals surface area contributed by atoms with Crippen LogP contribution in [0.5, 0.6) is 5.75 Å². The molecular weight excluding hydrogens is 487 g/mol. The number of aromatic nitrogens is 2. The predicted octanol–water partition coefficient (Wildman–Crippen LogP) is 1.32. The van der Waals surface area contributed by atoms with Crippen LogP contribution in [0, 0.1) is 5.92 Å². The first-order chi connectivity index (χ1) is 15.7.